The van der Waals surface area contributed by atoms with Gasteiger partial charge in [0.1, 0.15) is 11.6 Å². The number of rotatable bonds is 4. The van der Waals surface area contributed by atoms with Crippen molar-refractivity contribution >= 4 is 28.5 Å². The lowest BCUT2D eigenvalue weighted by atomic mass is 9.95. The number of aliphatic hydroxyl groups is 2. The van der Waals surface area contributed by atoms with Crippen LogP contribution in [0.2, 0.25) is 0 Å². The summed E-state index contributed by atoms with van der Waals surface area (Å²) in [7, 11) is 0. The monoisotopic (exact) mass is 402 g/mol. The second-order valence-electron chi connectivity index (χ2n) is 9.66. The van der Waals surface area contributed by atoms with Crippen LogP contribution in [-0.2, 0) is 0 Å². The summed E-state index contributed by atoms with van der Waals surface area (Å²) in [5.41, 5.74) is 2.44. The summed E-state index contributed by atoms with van der Waals surface area (Å²) in [6.45, 7) is 2.00. The molecule has 6 nitrogen and oxygen atoms in total. The maximum absolute atomic E-state index is 10.7. The summed E-state index contributed by atoms with van der Waals surface area (Å²) in [4.78, 5) is 9.44. The van der Waals surface area contributed by atoms with Crippen LogP contribution in [0.4, 0.5) is 5.82 Å². The Hall–Kier alpha value is -1.37. The topological polar surface area (TPSA) is 83.2 Å². The first-order valence-electron chi connectivity index (χ1n) is 10.5. The van der Waals surface area contributed by atoms with E-state index in [1.165, 1.54) is 25.7 Å². The van der Waals surface area contributed by atoms with E-state index in [0.717, 1.165) is 40.8 Å². The normalized spacial score (nSPS) is 43.6. The first-order chi connectivity index (χ1) is 13.5. The summed E-state index contributed by atoms with van der Waals surface area (Å²) < 4.78 is 2.05. The first-order valence-corrected chi connectivity index (χ1v) is 11.1. The Labute approximate surface area is 169 Å². The number of aromatic nitrogens is 3. The van der Waals surface area contributed by atoms with Crippen molar-refractivity contribution in [3.63, 3.8) is 0 Å². The Morgan fingerprint density at radius 2 is 2.18 bits per heavy atom. The maximum atomic E-state index is 10.7. The second kappa shape index (κ2) is 5.83. The van der Waals surface area contributed by atoms with Crippen LogP contribution in [0.3, 0.4) is 0 Å². The fourth-order valence-corrected chi connectivity index (χ4v) is 7.06. The number of pyridine rings is 1. The highest BCUT2D eigenvalue weighted by Gasteiger charge is 2.71. The highest BCUT2D eigenvalue weighted by atomic mass is 35.5. The molecule has 150 valence electrons. The van der Waals surface area contributed by atoms with Crippen molar-refractivity contribution in [3.8, 4) is 0 Å². The number of hydrogen-bond acceptors (Lipinski definition) is 5. The molecule has 28 heavy (non-hydrogen) atoms. The molecule has 0 spiro atoms. The van der Waals surface area contributed by atoms with Gasteiger partial charge in [0.2, 0.25) is 0 Å². The van der Waals surface area contributed by atoms with E-state index in [9.17, 15) is 10.2 Å². The molecule has 8 atom stereocenters. The molecular formula is C21H27ClN4O2. The van der Waals surface area contributed by atoms with Gasteiger partial charge in [0.05, 0.1) is 24.0 Å². The highest BCUT2D eigenvalue weighted by Crippen LogP contribution is 2.68. The standard InChI is InChI=1S/C21H27ClN4O2/c1-10-4-15-16(20(24-10)25-14-6-11-2-3-12(14)5-11)23-9-26(15)17-13-7-21(13,8-22)19(28)18(17)27/h4,9,11-14,17-19,27-28H,2-3,5-8H2,1H3,(H,24,25)/t11?,12?,13?,14?,17-,18+,19?,21+/m1/s1. The van der Waals surface area contributed by atoms with Crippen molar-refractivity contribution in [1.29, 1.82) is 0 Å². The number of hydrogen-bond donors (Lipinski definition) is 3. The van der Waals surface area contributed by atoms with E-state index in [2.05, 4.69) is 14.9 Å². The molecule has 2 heterocycles. The summed E-state index contributed by atoms with van der Waals surface area (Å²) in [6, 6.07) is 2.35. The van der Waals surface area contributed by atoms with E-state index >= 15 is 0 Å². The summed E-state index contributed by atoms with van der Waals surface area (Å²) in [6.07, 6.45) is 6.35. The van der Waals surface area contributed by atoms with Crippen LogP contribution >= 0.6 is 11.6 Å². The minimum absolute atomic E-state index is 0.184. The minimum atomic E-state index is -0.814. The molecule has 2 aromatic heterocycles. The lowest BCUT2D eigenvalue weighted by Gasteiger charge is -2.25. The fraction of sp³-hybridized carbons (Fsp3) is 0.714. The number of halogens is 1. The third-order valence-electron chi connectivity index (χ3n) is 8.17. The number of alkyl halides is 1. The molecule has 4 fully saturated rings. The van der Waals surface area contributed by atoms with Gasteiger partial charge in [0.25, 0.3) is 0 Å². The smallest absolute Gasteiger partial charge is 0.154 e. The predicted molar refractivity (Wildman–Crippen MR) is 107 cm³/mol. The van der Waals surface area contributed by atoms with Crippen molar-refractivity contribution in [1.82, 2.24) is 14.5 Å². The van der Waals surface area contributed by atoms with E-state index in [1.54, 1.807) is 6.33 Å². The Bertz CT molecular complexity index is 948. The molecule has 0 aromatic carbocycles. The van der Waals surface area contributed by atoms with Crippen LogP contribution in [0.15, 0.2) is 12.4 Å². The lowest BCUT2D eigenvalue weighted by molar-refractivity contribution is -0.0128. The SMILES string of the molecule is Cc1cc2c(ncn2[C@@H]2C3C[C@@]3(CCl)C(O)[C@H]2O)c(NC2CC3CCC2C3)n1. The number of nitrogens with one attached hydrogen (secondary N) is 1. The van der Waals surface area contributed by atoms with Crippen molar-refractivity contribution in [2.45, 2.75) is 63.3 Å². The molecule has 2 bridgehead atoms. The molecule has 5 unspecified atom stereocenters. The van der Waals surface area contributed by atoms with Gasteiger partial charge < -0.3 is 20.1 Å². The molecule has 6 rings (SSSR count). The number of fused-ring (bicyclic) bond motifs is 4. The van der Waals surface area contributed by atoms with Gasteiger partial charge in [-0.15, -0.1) is 11.6 Å². The lowest BCUT2D eigenvalue weighted by Crippen LogP contribution is -2.34. The second-order valence-corrected chi connectivity index (χ2v) is 9.93. The summed E-state index contributed by atoms with van der Waals surface area (Å²) in [5, 5.41) is 25.0. The van der Waals surface area contributed by atoms with Crippen molar-refractivity contribution in [2.75, 3.05) is 11.2 Å². The zero-order valence-electron chi connectivity index (χ0n) is 16.1. The van der Waals surface area contributed by atoms with Gasteiger partial charge in [0.15, 0.2) is 5.82 Å². The third kappa shape index (κ3) is 2.22. The van der Waals surface area contributed by atoms with Crippen LogP contribution < -0.4 is 5.32 Å². The number of nitrogens with zero attached hydrogens (tertiary/aromatic N) is 3. The van der Waals surface area contributed by atoms with Gasteiger partial charge in [-0.3, -0.25) is 0 Å². The first kappa shape index (κ1) is 17.5. The van der Waals surface area contributed by atoms with E-state index in [4.69, 9.17) is 16.6 Å². The number of aliphatic hydroxyl groups excluding tert-OH is 2. The van der Waals surface area contributed by atoms with E-state index in [0.29, 0.717) is 11.9 Å². The molecule has 4 saturated carbocycles. The molecule has 4 aliphatic carbocycles. The zero-order valence-corrected chi connectivity index (χ0v) is 16.8. The Balaban J connectivity index is 1.37. The van der Waals surface area contributed by atoms with Gasteiger partial charge in [0, 0.05) is 23.0 Å². The molecule has 3 N–H and O–H groups in total. The third-order valence-corrected chi connectivity index (χ3v) is 8.67. The van der Waals surface area contributed by atoms with Gasteiger partial charge in [-0.2, -0.15) is 0 Å². The molecule has 0 radical (unpaired) electrons. The quantitative estimate of drug-likeness (QED) is 0.685. The molecule has 4 aliphatic rings. The van der Waals surface area contributed by atoms with Crippen molar-refractivity contribution < 1.29 is 10.2 Å². The summed E-state index contributed by atoms with van der Waals surface area (Å²) in [5.74, 6) is 3.07. The number of anilines is 1. The average molecular weight is 403 g/mol. The highest BCUT2D eigenvalue weighted by molar-refractivity contribution is 6.18. The maximum Gasteiger partial charge on any atom is 0.154 e. The number of aryl methyl sites for hydroxylation is 1. The van der Waals surface area contributed by atoms with Crippen molar-refractivity contribution in [2.24, 2.45) is 23.2 Å². The molecule has 0 aliphatic heterocycles. The van der Waals surface area contributed by atoms with Crippen LogP contribution in [0.1, 0.15) is 43.8 Å². The van der Waals surface area contributed by atoms with Crippen LogP contribution in [0.25, 0.3) is 11.0 Å². The molecule has 2 aromatic rings. The molecule has 0 saturated heterocycles. The minimum Gasteiger partial charge on any atom is -0.390 e. The number of imidazole rings is 1. The Morgan fingerprint density at radius 1 is 1.32 bits per heavy atom. The molecule has 7 heteroatoms. The van der Waals surface area contributed by atoms with Crippen LogP contribution in [-0.4, -0.2) is 48.9 Å². The van der Waals surface area contributed by atoms with Gasteiger partial charge in [-0.25, -0.2) is 9.97 Å². The Kier molecular flexibility index (Phi) is 3.64. The molecule has 0 amide bonds. The van der Waals surface area contributed by atoms with Crippen molar-refractivity contribution in [3.05, 3.63) is 18.1 Å². The largest absolute Gasteiger partial charge is 0.390 e. The van der Waals surface area contributed by atoms with E-state index < -0.39 is 12.2 Å². The van der Waals surface area contributed by atoms with Gasteiger partial charge in [-0.1, -0.05) is 6.42 Å². The average Bonchev–Trinajstić information content (AvgIpc) is 3.04. The summed E-state index contributed by atoms with van der Waals surface area (Å²) >= 11 is 6.16. The zero-order chi connectivity index (χ0) is 19.2. The molecular weight excluding hydrogens is 376 g/mol. The van der Waals surface area contributed by atoms with Gasteiger partial charge in [-0.05, 0) is 56.4 Å². The van der Waals surface area contributed by atoms with Gasteiger partial charge >= 0.3 is 0 Å². The van der Waals surface area contributed by atoms with Crippen LogP contribution in [0.5, 0.6) is 0 Å². The Morgan fingerprint density at radius 3 is 2.86 bits per heavy atom. The predicted octanol–water partition coefficient (Wildman–Crippen LogP) is 2.86. The van der Waals surface area contributed by atoms with Crippen LogP contribution in [0, 0.1) is 30.1 Å². The van der Waals surface area contributed by atoms with E-state index in [1.807, 2.05) is 13.0 Å². The fourth-order valence-electron chi connectivity index (χ4n) is 6.60. The van der Waals surface area contributed by atoms with E-state index in [-0.39, 0.29) is 17.4 Å².